The summed E-state index contributed by atoms with van der Waals surface area (Å²) in [7, 11) is 0. The molecule has 0 spiro atoms. The Balaban J connectivity index is 1.32. The van der Waals surface area contributed by atoms with Gasteiger partial charge in [0.15, 0.2) is 0 Å². The topological polar surface area (TPSA) is 75.0 Å². The van der Waals surface area contributed by atoms with Crippen LogP contribution in [0, 0.1) is 13.8 Å². The molecule has 4 aromatic rings. The normalized spacial score (nSPS) is 17.0. The van der Waals surface area contributed by atoms with Crippen LogP contribution in [0.4, 0.5) is 0 Å². The third-order valence-corrected chi connectivity index (χ3v) is 6.62. The molecule has 4 heterocycles. The Kier molecular flexibility index (Phi) is 4.90. The largest absolute Gasteiger partial charge is 0.420 e. The van der Waals surface area contributed by atoms with Gasteiger partial charge in [-0.2, -0.15) is 11.3 Å². The third-order valence-electron chi connectivity index (χ3n) is 5.94. The zero-order valence-corrected chi connectivity index (χ0v) is 18.0. The monoisotopic (exact) mass is 420 g/mol. The highest BCUT2D eigenvalue weighted by Crippen LogP contribution is 2.30. The fraction of sp³-hybridized carbons (Fsp3) is 0.348. The summed E-state index contributed by atoms with van der Waals surface area (Å²) < 4.78 is 5.93. The molecule has 1 amide bonds. The van der Waals surface area contributed by atoms with Crippen LogP contribution < -0.4 is 0 Å². The lowest BCUT2D eigenvalue weighted by atomic mass is 9.97. The molecular weight excluding hydrogens is 396 g/mol. The number of likely N-dealkylation sites (tertiary alicyclic amines) is 1. The van der Waals surface area contributed by atoms with E-state index in [0.29, 0.717) is 24.7 Å². The molecule has 0 radical (unpaired) electrons. The van der Waals surface area contributed by atoms with Crippen LogP contribution in [0.5, 0.6) is 0 Å². The van der Waals surface area contributed by atoms with E-state index in [2.05, 4.69) is 40.3 Å². The number of hydrogen-bond donors (Lipinski definition) is 1. The minimum absolute atomic E-state index is 0.0916. The van der Waals surface area contributed by atoms with Crippen LogP contribution in [0.1, 0.15) is 41.5 Å². The molecule has 1 fully saturated rings. The zero-order valence-electron chi connectivity index (χ0n) is 17.1. The molecule has 1 aromatic carbocycles. The van der Waals surface area contributed by atoms with E-state index in [9.17, 15) is 4.79 Å². The summed E-state index contributed by atoms with van der Waals surface area (Å²) in [6, 6.07) is 8.31. The number of nitrogens with one attached hydrogen (secondary N) is 1. The van der Waals surface area contributed by atoms with Crippen molar-refractivity contribution in [1.29, 1.82) is 0 Å². The summed E-state index contributed by atoms with van der Waals surface area (Å²) in [5, 5.41) is 13.6. The van der Waals surface area contributed by atoms with Crippen LogP contribution in [0.2, 0.25) is 0 Å². The second-order valence-electron chi connectivity index (χ2n) is 8.09. The molecule has 0 bridgehead atoms. The van der Waals surface area contributed by atoms with Crippen molar-refractivity contribution >= 4 is 28.1 Å². The van der Waals surface area contributed by atoms with Gasteiger partial charge in [0.1, 0.15) is 0 Å². The lowest BCUT2D eigenvalue weighted by Crippen LogP contribution is -2.40. The average molecular weight is 421 g/mol. The number of carbonyl (C=O) groups excluding carboxylic acids is 1. The predicted molar refractivity (Wildman–Crippen MR) is 118 cm³/mol. The van der Waals surface area contributed by atoms with Crippen LogP contribution in [-0.4, -0.2) is 39.1 Å². The lowest BCUT2D eigenvalue weighted by molar-refractivity contribution is -0.131. The van der Waals surface area contributed by atoms with E-state index < -0.39 is 0 Å². The van der Waals surface area contributed by atoms with Crippen LogP contribution in [-0.2, 0) is 11.2 Å². The second kappa shape index (κ2) is 7.72. The Labute approximate surface area is 178 Å². The van der Waals surface area contributed by atoms with Crippen molar-refractivity contribution in [3.63, 3.8) is 0 Å². The highest BCUT2D eigenvalue weighted by atomic mass is 32.1. The van der Waals surface area contributed by atoms with Gasteiger partial charge in [0.2, 0.25) is 17.7 Å². The molecule has 0 saturated carbocycles. The molecular formula is C23H24N4O2S. The molecule has 1 atom stereocenters. The summed E-state index contributed by atoms with van der Waals surface area (Å²) in [5.41, 5.74) is 5.40. The fourth-order valence-electron chi connectivity index (χ4n) is 4.29. The van der Waals surface area contributed by atoms with Gasteiger partial charge in [-0.3, -0.25) is 4.79 Å². The van der Waals surface area contributed by atoms with Crippen LogP contribution in [0.3, 0.4) is 0 Å². The van der Waals surface area contributed by atoms with Gasteiger partial charge in [-0.25, -0.2) is 0 Å². The molecule has 0 unspecified atom stereocenters. The Morgan fingerprint density at radius 3 is 3.03 bits per heavy atom. The Bertz CT molecular complexity index is 1190. The summed E-state index contributed by atoms with van der Waals surface area (Å²) in [5.74, 6) is 1.43. The van der Waals surface area contributed by atoms with Gasteiger partial charge in [-0.05, 0) is 55.8 Å². The molecule has 6 nitrogen and oxygen atoms in total. The van der Waals surface area contributed by atoms with Crippen molar-refractivity contribution in [3.8, 4) is 11.5 Å². The average Bonchev–Trinajstić information content (AvgIpc) is 3.49. The first kappa shape index (κ1) is 19.1. The minimum atomic E-state index is 0.0916. The van der Waals surface area contributed by atoms with Crippen molar-refractivity contribution in [2.24, 2.45) is 0 Å². The first-order valence-corrected chi connectivity index (χ1v) is 11.2. The zero-order chi connectivity index (χ0) is 20.7. The molecule has 30 heavy (non-hydrogen) atoms. The van der Waals surface area contributed by atoms with Gasteiger partial charge in [-0.15, -0.1) is 10.2 Å². The van der Waals surface area contributed by atoms with Crippen LogP contribution >= 0.6 is 11.3 Å². The number of fused-ring (bicyclic) bond motifs is 1. The van der Waals surface area contributed by atoms with E-state index in [1.807, 2.05) is 28.7 Å². The number of aromatic nitrogens is 3. The SMILES string of the molecule is Cc1ccc2[nH]c(C)c(CC(=O)N3CCC[C@H](c4nnc(-c5ccsc5)o4)C3)c2c1. The van der Waals surface area contributed by atoms with E-state index >= 15 is 0 Å². The van der Waals surface area contributed by atoms with Crippen molar-refractivity contribution < 1.29 is 9.21 Å². The van der Waals surface area contributed by atoms with Crippen LogP contribution in [0.25, 0.3) is 22.4 Å². The maximum atomic E-state index is 13.2. The molecule has 7 heteroatoms. The maximum Gasteiger partial charge on any atom is 0.248 e. The van der Waals surface area contributed by atoms with Crippen molar-refractivity contribution in [1.82, 2.24) is 20.1 Å². The fourth-order valence-corrected chi connectivity index (χ4v) is 4.92. The highest BCUT2D eigenvalue weighted by molar-refractivity contribution is 7.08. The first-order valence-electron chi connectivity index (χ1n) is 10.3. The Morgan fingerprint density at radius 2 is 2.20 bits per heavy atom. The van der Waals surface area contributed by atoms with E-state index in [0.717, 1.165) is 47.1 Å². The van der Waals surface area contributed by atoms with Crippen LogP contribution in [0.15, 0.2) is 39.4 Å². The molecule has 3 aromatic heterocycles. The second-order valence-corrected chi connectivity index (χ2v) is 8.87. The number of amides is 1. The van der Waals surface area contributed by atoms with Crippen molar-refractivity contribution in [3.05, 3.63) is 57.7 Å². The predicted octanol–water partition coefficient (Wildman–Crippen LogP) is 4.84. The quantitative estimate of drug-likeness (QED) is 0.512. The van der Waals surface area contributed by atoms with Gasteiger partial charge in [-0.1, -0.05) is 11.6 Å². The third kappa shape index (κ3) is 3.54. The number of carbonyl (C=O) groups is 1. The molecule has 1 aliphatic rings. The van der Waals surface area contributed by atoms with Gasteiger partial charge in [0.25, 0.3) is 0 Å². The standard InChI is InChI=1S/C23H24N4O2S/c1-14-5-6-20-19(10-14)18(15(2)24-20)11-21(28)27-8-3-4-16(12-27)22-25-26-23(29-22)17-7-9-30-13-17/h5-7,9-10,13,16,24H,3-4,8,11-12H2,1-2H3/t16-/m0/s1. The number of nitrogens with zero attached hydrogens (tertiary/aromatic N) is 3. The summed E-state index contributed by atoms with van der Waals surface area (Å²) in [4.78, 5) is 18.5. The first-order chi connectivity index (χ1) is 14.6. The number of hydrogen-bond acceptors (Lipinski definition) is 5. The number of rotatable bonds is 4. The van der Waals surface area contributed by atoms with Gasteiger partial charge in [0, 0.05) is 40.6 Å². The summed E-state index contributed by atoms with van der Waals surface area (Å²) in [6.45, 7) is 5.53. The molecule has 1 N–H and O–H groups in total. The Morgan fingerprint density at radius 1 is 1.30 bits per heavy atom. The Hall–Kier alpha value is -2.93. The number of aryl methyl sites for hydroxylation is 2. The van der Waals surface area contributed by atoms with E-state index in [4.69, 9.17) is 4.42 Å². The van der Waals surface area contributed by atoms with Gasteiger partial charge < -0.3 is 14.3 Å². The lowest BCUT2D eigenvalue weighted by Gasteiger charge is -2.31. The maximum absolute atomic E-state index is 13.2. The smallest absolute Gasteiger partial charge is 0.248 e. The van der Waals surface area contributed by atoms with E-state index in [1.165, 1.54) is 5.56 Å². The van der Waals surface area contributed by atoms with Gasteiger partial charge in [0.05, 0.1) is 12.3 Å². The van der Waals surface area contributed by atoms with Crippen molar-refractivity contribution in [2.45, 2.75) is 39.0 Å². The number of H-pyrrole nitrogens is 1. The highest BCUT2D eigenvalue weighted by Gasteiger charge is 2.29. The number of piperidine rings is 1. The molecule has 0 aliphatic carbocycles. The summed E-state index contributed by atoms with van der Waals surface area (Å²) in [6.07, 6.45) is 2.31. The number of benzene rings is 1. The number of thiophene rings is 1. The molecule has 1 aliphatic heterocycles. The van der Waals surface area contributed by atoms with Gasteiger partial charge >= 0.3 is 0 Å². The summed E-state index contributed by atoms with van der Waals surface area (Å²) >= 11 is 1.60. The molecule has 154 valence electrons. The molecule has 5 rings (SSSR count). The number of aromatic amines is 1. The minimum Gasteiger partial charge on any atom is -0.420 e. The molecule has 1 saturated heterocycles. The van der Waals surface area contributed by atoms with E-state index in [1.54, 1.807) is 11.3 Å². The van der Waals surface area contributed by atoms with Crippen molar-refractivity contribution in [2.75, 3.05) is 13.1 Å². The van der Waals surface area contributed by atoms with E-state index in [-0.39, 0.29) is 11.8 Å².